The van der Waals surface area contributed by atoms with Gasteiger partial charge in [-0.3, -0.25) is 4.70 Å². The Balaban J connectivity index is 0. The minimum atomic E-state index is 0. The van der Waals surface area contributed by atoms with Gasteiger partial charge in [0.15, 0.2) is 0 Å². The first-order valence-corrected chi connectivity index (χ1v) is 1.99. The number of nitrogens with one attached hydrogen (secondary N) is 1. The second-order valence-electron chi connectivity index (χ2n) is 0.885. The van der Waals surface area contributed by atoms with Crippen LogP contribution in [0.15, 0.2) is 24.5 Å². The summed E-state index contributed by atoms with van der Waals surface area (Å²) in [6.45, 7) is 2.75. The fraction of sp³-hybridized carbons (Fsp3) is 0. The Kier molecular flexibility index (Phi) is 12.1. The van der Waals surface area contributed by atoms with Crippen molar-refractivity contribution in [2.75, 3.05) is 0 Å². The molecule has 1 aromatic rings. The van der Waals surface area contributed by atoms with Crippen LogP contribution in [0.4, 0.5) is 4.70 Å². The molecule has 1 radical (unpaired) electrons. The summed E-state index contributed by atoms with van der Waals surface area (Å²) in [5.41, 5.74) is 0. The van der Waals surface area contributed by atoms with E-state index >= 15 is 0 Å². The van der Waals surface area contributed by atoms with Crippen LogP contribution in [0.2, 0.25) is 0 Å². The quantitative estimate of drug-likeness (QED) is 0.476. The van der Waals surface area contributed by atoms with Crippen molar-refractivity contribution in [3.8, 4) is 0 Å². The Bertz CT molecular complexity index is 79.3. The van der Waals surface area contributed by atoms with Gasteiger partial charge in [-0.1, -0.05) is 0 Å². The molecule has 0 fully saturated rings. The van der Waals surface area contributed by atoms with Crippen molar-refractivity contribution in [2.45, 2.75) is 0 Å². The number of rotatable bonds is 0. The molecule has 0 bridgehead atoms. The van der Waals surface area contributed by atoms with Crippen LogP contribution in [0, 0.1) is 0 Å². The molecule has 0 unspecified atom stereocenters. The second-order valence-corrected chi connectivity index (χ2v) is 0.885. The summed E-state index contributed by atoms with van der Waals surface area (Å²) >= 11 is 0. The van der Waals surface area contributed by atoms with Gasteiger partial charge in [0, 0.05) is 12.4 Å². The molecule has 3 heteroatoms. The number of H-pyrrole nitrogens is 1. The Morgan fingerprint density at radius 1 is 1.12 bits per heavy atom. The summed E-state index contributed by atoms with van der Waals surface area (Å²) in [5.74, 6) is 0. The number of hydrogen-bond donors (Lipinski definition) is 1. The zero-order chi connectivity index (χ0) is 5.54. The third-order valence-corrected chi connectivity index (χ3v) is 0.496. The van der Waals surface area contributed by atoms with E-state index in [1.54, 1.807) is 0 Å². The van der Waals surface area contributed by atoms with E-state index in [1.165, 1.54) is 0 Å². The molecule has 0 saturated heterocycles. The summed E-state index contributed by atoms with van der Waals surface area (Å²) in [7, 11) is 4.25. The number of halogens is 1. The van der Waals surface area contributed by atoms with Crippen LogP contribution in [-0.4, -0.2) is 18.9 Å². The van der Waals surface area contributed by atoms with Crippen LogP contribution < -0.4 is 0 Å². The summed E-state index contributed by atoms with van der Waals surface area (Å²) < 4.78 is 0. The zero-order valence-electron chi connectivity index (χ0n) is 4.50. The molecule has 0 aromatic carbocycles. The van der Waals surface area contributed by atoms with Gasteiger partial charge in [0.2, 0.25) is 0 Å². The van der Waals surface area contributed by atoms with E-state index in [0.717, 1.165) is 0 Å². The second kappa shape index (κ2) is 9.47. The fourth-order valence-corrected chi connectivity index (χ4v) is 0.278. The van der Waals surface area contributed by atoms with E-state index < -0.39 is 0 Å². The summed E-state index contributed by atoms with van der Waals surface area (Å²) in [6, 6.07) is 3.89. The van der Waals surface area contributed by atoms with Crippen molar-refractivity contribution in [3.05, 3.63) is 24.5 Å². The van der Waals surface area contributed by atoms with E-state index in [1.807, 2.05) is 24.5 Å². The molecule has 0 amide bonds. The fourth-order valence-electron chi connectivity index (χ4n) is 0.278. The molecular formula is C5H8BFN. The van der Waals surface area contributed by atoms with Gasteiger partial charge in [0.25, 0.3) is 0 Å². The largest absolute Gasteiger partial charge is 0.368 e. The minimum absolute atomic E-state index is 0. The Morgan fingerprint density at radius 2 is 1.50 bits per heavy atom. The standard InChI is InChI=1S/C4H5N.CH2B.FH/c1-2-4-5-3-1;1-2;/h1-5H;1H2;1H. The van der Waals surface area contributed by atoms with E-state index in [4.69, 9.17) is 0 Å². The van der Waals surface area contributed by atoms with Crippen LogP contribution in [0.1, 0.15) is 0 Å². The maximum Gasteiger partial charge on any atom is 0.000496 e. The molecule has 0 atom stereocenters. The topological polar surface area (TPSA) is 15.8 Å². The van der Waals surface area contributed by atoms with Crippen LogP contribution in [0.25, 0.3) is 0 Å². The maximum absolute atomic E-state index is 4.25. The predicted octanol–water partition coefficient (Wildman–Crippen LogP) is 0.754. The van der Waals surface area contributed by atoms with E-state index in [-0.39, 0.29) is 4.70 Å². The molecule has 1 aromatic heterocycles. The van der Waals surface area contributed by atoms with Gasteiger partial charge in [-0.25, -0.2) is 0 Å². The monoisotopic (exact) mass is 112 g/mol. The van der Waals surface area contributed by atoms with Gasteiger partial charge < -0.3 is 4.98 Å². The molecule has 0 spiro atoms. The molecule has 1 heterocycles. The van der Waals surface area contributed by atoms with Crippen LogP contribution >= 0.6 is 0 Å². The smallest absolute Gasteiger partial charge is 0.000496 e. The SMILES string of the molecule is F.[B]=C.c1cc[nH]c1. The normalized spacial score (nSPS) is 5.38. The average molecular weight is 112 g/mol. The van der Waals surface area contributed by atoms with E-state index in [2.05, 4.69) is 18.9 Å². The number of hydrogen-bond acceptors (Lipinski definition) is 0. The molecular weight excluding hydrogens is 104 g/mol. The Labute approximate surface area is 49.2 Å². The predicted molar refractivity (Wildman–Crippen MR) is 36.2 cm³/mol. The number of aromatic nitrogens is 1. The number of aromatic amines is 1. The molecule has 0 aliphatic rings. The van der Waals surface area contributed by atoms with Gasteiger partial charge >= 0.3 is 14.0 Å². The van der Waals surface area contributed by atoms with Gasteiger partial charge in [-0.05, 0) is 12.1 Å². The summed E-state index contributed by atoms with van der Waals surface area (Å²) in [4.78, 5) is 2.86. The first kappa shape index (κ1) is 10.2. The molecule has 0 aliphatic heterocycles. The van der Waals surface area contributed by atoms with Crippen molar-refractivity contribution in [1.29, 1.82) is 0 Å². The minimum Gasteiger partial charge on any atom is -0.368 e. The van der Waals surface area contributed by atoms with Crippen molar-refractivity contribution in [3.63, 3.8) is 0 Å². The zero-order valence-corrected chi connectivity index (χ0v) is 4.50. The summed E-state index contributed by atoms with van der Waals surface area (Å²) in [5, 5.41) is 0. The molecule has 0 aliphatic carbocycles. The van der Waals surface area contributed by atoms with Gasteiger partial charge in [-0.15, -0.1) is 0 Å². The first-order valence-electron chi connectivity index (χ1n) is 1.99. The third kappa shape index (κ3) is 5.14. The molecule has 0 saturated carbocycles. The molecule has 8 heavy (non-hydrogen) atoms. The van der Waals surface area contributed by atoms with Crippen molar-refractivity contribution in [1.82, 2.24) is 4.98 Å². The van der Waals surface area contributed by atoms with Crippen molar-refractivity contribution < 1.29 is 4.70 Å². The van der Waals surface area contributed by atoms with Crippen molar-refractivity contribution >= 4 is 14.0 Å². The van der Waals surface area contributed by atoms with Crippen molar-refractivity contribution in [2.24, 2.45) is 0 Å². The Morgan fingerprint density at radius 3 is 1.62 bits per heavy atom. The van der Waals surface area contributed by atoms with Crippen LogP contribution in [0.3, 0.4) is 0 Å². The molecule has 1 nitrogen and oxygen atoms in total. The Hall–Kier alpha value is -0.855. The molecule has 1 rings (SSSR count). The average Bonchev–Trinajstić information content (AvgIpc) is 2.23. The first-order chi connectivity index (χ1) is 3.50. The van der Waals surface area contributed by atoms with Gasteiger partial charge in [0.05, 0.1) is 0 Å². The van der Waals surface area contributed by atoms with Gasteiger partial charge in [0.1, 0.15) is 0 Å². The maximum atomic E-state index is 4.25. The van der Waals surface area contributed by atoms with E-state index in [9.17, 15) is 0 Å². The molecule has 43 valence electrons. The molecule has 1 N–H and O–H groups in total. The van der Waals surface area contributed by atoms with Crippen LogP contribution in [0.5, 0.6) is 0 Å². The summed E-state index contributed by atoms with van der Waals surface area (Å²) in [6.07, 6.45) is 3.75. The third-order valence-electron chi connectivity index (χ3n) is 0.496. The van der Waals surface area contributed by atoms with E-state index in [0.29, 0.717) is 0 Å². The van der Waals surface area contributed by atoms with Crippen LogP contribution in [-0.2, 0) is 0 Å². The van der Waals surface area contributed by atoms with Gasteiger partial charge in [-0.2, -0.15) is 0 Å².